The van der Waals surface area contributed by atoms with E-state index in [4.69, 9.17) is 4.74 Å². The van der Waals surface area contributed by atoms with Crippen molar-refractivity contribution in [3.8, 4) is 0 Å². The van der Waals surface area contributed by atoms with Gasteiger partial charge in [0.2, 0.25) is 5.91 Å². The van der Waals surface area contributed by atoms with Gasteiger partial charge in [-0.05, 0) is 42.5 Å². The molecule has 6 nitrogen and oxygen atoms in total. The van der Waals surface area contributed by atoms with Crippen LogP contribution in [0.25, 0.3) is 0 Å². The second-order valence-electron chi connectivity index (χ2n) is 6.59. The molecule has 2 aliphatic heterocycles. The molecule has 0 atom stereocenters. The van der Waals surface area contributed by atoms with Crippen LogP contribution in [0.1, 0.15) is 24.0 Å². The van der Waals surface area contributed by atoms with Crippen LogP contribution >= 0.6 is 0 Å². The number of amides is 1. The Kier molecular flexibility index (Phi) is 4.61. The zero-order valence-corrected chi connectivity index (χ0v) is 14.1. The summed E-state index contributed by atoms with van der Waals surface area (Å²) >= 11 is 0. The fraction of sp³-hybridized carbons (Fsp3) is 0.421. The number of nitrogens with one attached hydrogen (secondary N) is 1. The number of nitrogens with zero attached hydrogens (tertiary/aromatic N) is 3. The fourth-order valence-corrected chi connectivity index (χ4v) is 3.44. The molecule has 6 heteroatoms. The molecular weight excluding hydrogens is 316 g/mol. The number of carbonyl (C=O) groups excluding carboxylic acids is 1. The Hall–Kier alpha value is -2.47. The number of ether oxygens (including phenoxy) is 1. The van der Waals surface area contributed by atoms with Gasteiger partial charge in [-0.2, -0.15) is 0 Å². The third kappa shape index (κ3) is 3.64. The normalized spacial score (nSPS) is 17.8. The van der Waals surface area contributed by atoms with Crippen molar-refractivity contribution in [2.24, 2.45) is 5.92 Å². The fourth-order valence-electron chi connectivity index (χ4n) is 3.44. The molecule has 0 unspecified atom stereocenters. The van der Waals surface area contributed by atoms with Crippen molar-refractivity contribution in [1.29, 1.82) is 0 Å². The maximum Gasteiger partial charge on any atom is 0.228 e. The number of fused-ring (bicyclic) bond motifs is 1. The molecule has 1 fully saturated rings. The van der Waals surface area contributed by atoms with Crippen molar-refractivity contribution < 1.29 is 9.53 Å². The summed E-state index contributed by atoms with van der Waals surface area (Å²) in [7, 11) is 0. The Morgan fingerprint density at radius 2 is 1.88 bits per heavy atom. The van der Waals surface area contributed by atoms with Gasteiger partial charge in [-0.15, -0.1) is 10.2 Å². The van der Waals surface area contributed by atoms with E-state index in [1.807, 2.05) is 12.1 Å². The summed E-state index contributed by atoms with van der Waals surface area (Å²) < 4.78 is 5.29. The number of benzene rings is 1. The minimum Gasteiger partial charge on any atom is -0.381 e. The summed E-state index contributed by atoms with van der Waals surface area (Å²) in [6.07, 6.45) is 2.55. The number of rotatable bonds is 3. The zero-order chi connectivity index (χ0) is 17.1. The van der Waals surface area contributed by atoms with Gasteiger partial charge in [0, 0.05) is 32.2 Å². The third-order valence-electron chi connectivity index (χ3n) is 4.95. The molecule has 25 heavy (non-hydrogen) atoms. The van der Waals surface area contributed by atoms with Crippen molar-refractivity contribution in [1.82, 2.24) is 10.2 Å². The number of hydrogen-bond donors (Lipinski definition) is 1. The summed E-state index contributed by atoms with van der Waals surface area (Å²) in [5.41, 5.74) is 2.75. The number of carbonyl (C=O) groups is 1. The first kappa shape index (κ1) is 16.0. The summed E-state index contributed by atoms with van der Waals surface area (Å²) in [6, 6.07) is 12.3. The van der Waals surface area contributed by atoms with Crippen LogP contribution in [-0.4, -0.2) is 35.9 Å². The van der Waals surface area contributed by atoms with Crippen molar-refractivity contribution in [3.05, 3.63) is 47.5 Å². The highest BCUT2D eigenvalue weighted by molar-refractivity contribution is 5.91. The van der Waals surface area contributed by atoms with Crippen molar-refractivity contribution in [2.45, 2.75) is 25.8 Å². The molecular formula is C19H22N4O2. The molecule has 1 amide bonds. The highest BCUT2D eigenvalue weighted by Gasteiger charge is 2.22. The summed E-state index contributed by atoms with van der Waals surface area (Å²) in [5, 5.41) is 11.4. The second-order valence-corrected chi connectivity index (χ2v) is 6.59. The Labute approximate surface area is 147 Å². The summed E-state index contributed by atoms with van der Waals surface area (Å²) in [5.74, 6) is 1.38. The van der Waals surface area contributed by atoms with Crippen molar-refractivity contribution >= 4 is 17.5 Å². The first-order valence-corrected chi connectivity index (χ1v) is 8.84. The third-order valence-corrected chi connectivity index (χ3v) is 4.95. The highest BCUT2D eigenvalue weighted by Crippen LogP contribution is 2.23. The molecule has 0 aliphatic carbocycles. The predicted octanol–water partition coefficient (Wildman–Crippen LogP) is 2.40. The van der Waals surface area contributed by atoms with Crippen LogP contribution in [0.3, 0.4) is 0 Å². The van der Waals surface area contributed by atoms with Gasteiger partial charge < -0.3 is 15.0 Å². The van der Waals surface area contributed by atoms with Gasteiger partial charge in [-0.1, -0.05) is 24.3 Å². The Morgan fingerprint density at radius 3 is 2.64 bits per heavy atom. The molecule has 4 rings (SSSR count). The molecule has 3 heterocycles. The Balaban J connectivity index is 1.40. The lowest BCUT2D eigenvalue weighted by Crippen LogP contribution is -2.31. The van der Waals surface area contributed by atoms with Crippen LogP contribution < -0.4 is 10.2 Å². The number of hydrogen-bond acceptors (Lipinski definition) is 5. The maximum atomic E-state index is 12.2. The zero-order valence-electron chi connectivity index (χ0n) is 14.1. The van der Waals surface area contributed by atoms with E-state index in [0.717, 1.165) is 38.2 Å². The van der Waals surface area contributed by atoms with E-state index < -0.39 is 0 Å². The van der Waals surface area contributed by atoms with Crippen LogP contribution in [0.4, 0.5) is 11.6 Å². The maximum absolute atomic E-state index is 12.2. The largest absolute Gasteiger partial charge is 0.381 e. The van der Waals surface area contributed by atoms with Crippen LogP contribution in [0, 0.1) is 5.92 Å². The Morgan fingerprint density at radius 1 is 1.08 bits per heavy atom. The average Bonchev–Trinajstić information content (AvgIpc) is 2.69. The molecule has 0 saturated carbocycles. The van der Waals surface area contributed by atoms with Crippen molar-refractivity contribution in [3.63, 3.8) is 0 Å². The second kappa shape index (κ2) is 7.19. The molecule has 1 aromatic carbocycles. The van der Waals surface area contributed by atoms with E-state index in [-0.39, 0.29) is 11.8 Å². The highest BCUT2D eigenvalue weighted by atomic mass is 16.5. The van der Waals surface area contributed by atoms with Gasteiger partial charge >= 0.3 is 0 Å². The lowest BCUT2D eigenvalue weighted by Gasteiger charge is -2.29. The average molecular weight is 338 g/mol. The number of anilines is 2. The van der Waals surface area contributed by atoms with Crippen molar-refractivity contribution in [2.75, 3.05) is 30.0 Å². The van der Waals surface area contributed by atoms with Gasteiger partial charge in [-0.25, -0.2) is 0 Å². The van der Waals surface area contributed by atoms with Gasteiger partial charge in [0.05, 0.1) is 0 Å². The topological polar surface area (TPSA) is 67.4 Å². The monoisotopic (exact) mass is 338 g/mol. The molecule has 0 radical (unpaired) electrons. The minimum absolute atomic E-state index is 0.00817. The first-order valence-electron chi connectivity index (χ1n) is 8.84. The first-order chi connectivity index (χ1) is 12.3. The van der Waals surface area contributed by atoms with E-state index >= 15 is 0 Å². The number of aromatic nitrogens is 2. The molecule has 1 aromatic heterocycles. The summed E-state index contributed by atoms with van der Waals surface area (Å²) in [6.45, 7) is 3.08. The molecule has 0 spiro atoms. The SMILES string of the molecule is O=C(Nc1ccc(N2CCc3ccccc3C2)nn1)C1CCOCC1. The summed E-state index contributed by atoms with van der Waals surface area (Å²) in [4.78, 5) is 14.5. The molecule has 2 aromatic rings. The van der Waals surface area contributed by atoms with Gasteiger partial charge in [-0.3, -0.25) is 4.79 Å². The molecule has 0 bridgehead atoms. The van der Waals surface area contributed by atoms with Gasteiger partial charge in [0.25, 0.3) is 0 Å². The van der Waals surface area contributed by atoms with E-state index in [2.05, 4.69) is 44.7 Å². The van der Waals surface area contributed by atoms with Gasteiger partial charge in [0.1, 0.15) is 0 Å². The Bertz CT molecular complexity index is 741. The van der Waals surface area contributed by atoms with Crippen LogP contribution in [0.2, 0.25) is 0 Å². The molecule has 1 saturated heterocycles. The molecule has 130 valence electrons. The van der Waals surface area contributed by atoms with Crippen LogP contribution in [-0.2, 0) is 22.5 Å². The smallest absolute Gasteiger partial charge is 0.228 e. The lowest BCUT2D eigenvalue weighted by atomic mass is 9.99. The molecule has 2 aliphatic rings. The van der Waals surface area contributed by atoms with Crippen LogP contribution in [0.5, 0.6) is 0 Å². The standard InChI is InChI=1S/C19H22N4O2/c24-19(15-8-11-25-12-9-15)20-17-5-6-18(22-21-17)23-10-7-14-3-1-2-4-16(14)13-23/h1-6,15H,7-13H2,(H,20,21,24). The van der Waals surface area contributed by atoms with E-state index in [1.54, 1.807) is 0 Å². The molecule has 1 N–H and O–H groups in total. The predicted molar refractivity (Wildman–Crippen MR) is 95.4 cm³/mol. The quantitative estimate of drug-likeness (QED) is 0.931. The van der Waals surface area contributed by atoms with E-state index in [9.17, 15) is 4.79 Å². The van der Waals surface area contributed by atoms with Crippen LogP contribution in [0.15, 0.2) is 36.4 Å². The van der Waals surface area contributed by atoms with E-state index in [0.29, 0.717) is 19.0 Å². The van der Waals surface area contributed by atoms with E-state index in [1.165, 1.54) is 11.1 Å². The van der Waals surface area contributed by atoms with Gasteiger partial charge in [0.15, 0.2) is 11.6 Å². The minimum atomic E-state index is 0.00817. The lowest BCUT2D eigenvalue weighted by molar-refractivity contribution is -0.122.